The average Bonchev–Trinajstić information content (AvgIpc) is 2.72. The van der Waals surface area contributed by atoms with Crippen LogP contribution in [-0.4, -0.2) is 70.9 Å². The number of hydrogen-bond acceptors (Lipinski definition) is 5. The number of rotatable bonds is 4. The van der Waals surface area contributed by atoms with Gasteiger partial charge in [0.1, 0.15) is 0 Å². The summed E-state index contributed by atoms with van der Waals surface area (Å²) in [4.78, 5) is 24.2. The van der Waals surface area contributed by atoms with E-state index < -0.39 is 0 Å². The third-order valence-electron chi connectivity index (χ3n) is 6.99. The summed E-state index contributed by atoms with van der Waals surface area (Å²) in [5.41, 5.74) is 11.3. The van der Waals surface area contributed by atoms with E-state index in [4.69, 9.17) is 5.73 Å². The summed E-state index contributed by atoms with van der Waals surface area (Å²) in [5.74, 6) is 0.285. The van der Waals surface area contributed by atoms with Crippen LogP contribution in [0.4, 0.5) is 5.69 Å². The van der Waals surface area contributed by atoms with Gasteiger partial charge in [0.2, 0.25) is 5.91 Å². The zero-order chi connectivity index (χ0) is 20.5. The van der Waals surface area contributed by atoms with E-state index in [1.165, 1.54) is 30.4 Å². The number of carbonyl (C=O) groups excluding carboxylic acids is 1. The van der Waals surface area contributed by atoms with Crippen molar-refractivity contribution < 1.29 is 4.79 Å². The lowest BCUT2D eigenvalue weighted by Crippen LogP contribution is -2.55. The lowest BCUT2D eigenvalue weighted by atomic mass is 9.91. The molecule has 5 rings (SSSR count). The van der Waals surface area contributed by atoms with Crippen LogP contribution in [0.25, 0.3) is 11.3 Å². The van der Waals surface area contributed by atoms with Crippen LogP contribution in [0.2, 0.25) is 0 Å². The molecule has 2 aromatic rings. The molecule has 6 nitrogen and oxygen atoms in total. The monoisotopic (exact) mass is 405 g/mol. The first-order valence-corrected chi connectivity index (χ1v) is 11.2. The molecule has 0 bridgehead atoms. The highest BCUT2D eigenvalue weighted by atomic mass is 16.2. The Morgan fingerprint density at radius 1 is 1.03 bits per heavy atom. The summed E-state index contributed by atoms with van der Waals surface area (Å²) >= 11 is 0. The van der Waals surface area contributed by atoms with Crippen LogP contribution in [0.3, 0.4) is 0 Å². The normalized spacial score (nSPS) is 20.6. The Hall–Kier alpha value is -2.44. The van der Waals surface area contributed by atoms with Gasteiger partial charge in [0.05, 0.1) is 12.2 Å². The van der Waals surface area contributed by atoms with Crippen molar-refractivity contribution >= 4 is 11.6 Å². The molecule has 1 amide bonds. The van der Waals surface area contributed by atoms with Gasteiger partial charge in [0.15, 0.2) is 0 Å². The molecule has 1 aliphatic carbocycles. The molecule has 0 unspecified atom stereocenters. The third-order valence-corrected chi connectivity index (χ3v) is 6.99. The highest BCUT2D eigenvalue weighted by molar-refractivity contribution is 5.78. The Bertz CT molecular complexity index is 918. The number of benzene rings is 1. The fourth-order valence-electron chi connectivity index (χ4n) is 4.89. The zero-order valence-electron chi connectivity index (χ0n) is 17.6. The molecular weight excluding hydrogens is 374 g/mol. The lowest BCUT2D eigenvalue weighted by molar-refractivity contribution is -0.135. The fraction of sp³-hybridized carbons (Fsp3) is 0.500. The minimum atomic E-state index is 0.285. The highest BCUT2D eigenvalue weighted by Crippen LogP contribution is 2.27. The number of pyridine rings is 1. The van der Waals surface area contributed by atoms with Crippen molar-refractivity contribution in [1.82, 2.24) is 19.7 Å². The van der Waals surface area contributed by atoms with Crippen LogP contribution in [0.15, 0.2) is 36.5 Å². The van der Waals surface area contributed by atoms with Crippen LogP contribution in [0, 0.1) is 0 Å². The van der Waals surface area contributed by atoms with E-state index in [0.29, 0.717) is 6.54 Å². The van der Waals surface area contributed by atoms with Gasteiger partial charge in [-0.3, -0.25) is 19.6 Å². The van der Waals surface area contributed by atoms with Crippen LogP contribution in [0.5, 0.6) is 0 Å². The Morgan fingerprint density at radius 3 is 2.60 bits per heavy atom. The number of piperazine rings is 1. The molecule has 3 heterocycles. The number of carbonyl (C=O) groups is 1. The summed E-state index contributed by atoms with van der Waals surface area (Å²) in [6, 6.07) is 11.0. The van der Waals surface area contributed by atoms with Crippen LogP contribution >= 0.6 is 0 Å². The van der Waals surface area contributed by atoms with E-state index in [9.17, 15) is 4.79 Å². The summed E-state index contributed by atoms with van der Waals surface area (Å²) < 4.78 is 0. The summed E-state index contributed by atoms with van der Waals surface area (Å²) in [7, 11) is 0. The third kappa shape index (κ3) is 4.07. The van der Waals surface area contributed by atoms with Crippen molar-refractivity contribution in [3.8, 4) is 11.3 Å². The number of nitrogen functional groups attached to an aromatic ring is 1. The number of anilines is 1. The maximum absolute atomic E-state index is 12.9. The minimum Gasteiger partial charge on any atom is -0.399 e. The number of fused-ring (bicyclic) bond motifs is 1. The van der Waals surface area contributed by atoms with Crippen molar-refractivity contribution in [1.29, 1.82) is 0 Å². The van der Waals surface area contributed by atoms with E-state index in [-0.39, 0.29) is 5.91 Å². The maximum atomic E-state index is 12.9. The molecule has 1 aromatic heterocycles. The quantitative estimate of drug-likeness (QED) is 0.846. The van der Waals surface area contributed by atoms with Gasteiger partial charge in [-0.2, -0.15) is 0 Å². The first-order valence-electron chi connectivity index (χ1n) is 11.2. The first kappa shape index (κ1) is 19.5. The van der Waals surface area contributed by atoms with E-state index in [2.05, 4.69) is 37.9 Å². The summed E-state index contributed by atoms with van der Waals surface area (Å²) in [6.07, 6.45) is 6.78. The molecule has 0 spiro atoms. The predicted octanol–water partition coefficient (Wildman–Crippen LogP) is 2.39. The summed E-state index contributed by atoms with van der Waals surface area (Å²) in [5, 5.41) is 0. The van der Waals surface area contributed by atoms with Crippen LogP contribution in [0.1, 0.15) is 30.4 Å². The zero-order valence-corrected chi connectivity index (χ0v) is 17.6. The molecule has 0 atom stereocenters. The van der Waals surface area contributed by atoms with Gasteiger partial charge in [-0.15, -0.1) is 0 Å². The average molecular weight is 406 g/mol. The van der Waals surface area contributed by atoms with E-state index in [0.717, 1.165) is 68.7 Å². The SMILES string of the molecule is Nc1ccnc(-c2ccc3c(c2)CCN(CC(=O)N2CCN(C4CCC4)CC2)C3)c1. The molecule has 6 heteroatoms. The van der Waals surface area contributed by atoms with Gasteiger partial charge in [-0.25, -0.2) is 0 Å². The molecule has 30 heavy (non-hydrogen) atoms. The second-order valence-electron chi connectivity index (χ2n) is 8.92. The van der Waals surface area contributed by atoms with Crippen LogP contribution < -0.4 is 5.73 Å². The van der Waals surface area contributed by atoms with E-state index >= 15 is 0 Å². The molecule has 2 N–H and O–H groups in total. The van der Waals surface area contributed by atoms with Gasteiger partial charge in [-0.05, 0) is 48.6 Å². The lowest BCUT2D eigenvalue weighted by Gasteiger charge is -2.43. The molecule has 1 saturated heterocycles. The van der Waals surface area contributed by atoms with Gasteiger partial charge in [-0.1, -0.05) is 18.6 Å². The molecule has 1 saturated carbocycles. The van der Waals surface area contributed by atoms with E-state index in [1.54, 1.807) is 6.20 Å². The molecular formula is C24H31N5O. The van der Waals surface area contributed by atoms with Crippen molar-refractivity contribution in [2.45, 2.75) is 38.3 Å². The molecule has 1 aromatic carbocycles. The maximum Gasteiger partial charge on any atom is 0.236 e. The topological polar surface area (TPSA) is 65.7 Å². The number of nitrogens with zero attached hydrogens (tertiary/aromatic N) is 4. The van der Waals surface area contributed by atoms with Crippen molar-refractivity contribution in [3.63, 3.8) is 0 Å². The Labute approximate surface area is 178 Å². The van der Waals surface area contributed by atoms with Gasteiger partial charge < -0.3 is 10.6 Å². The first-order chi connectivity index (χ1) is 14.7. The van der Waals surface area contributed by atoms with Crippen molar-refractivity contribution in [2.75, 3.05) is 45.0 Å². The second-order valence-corrected chi connectivity index (χ2v) is 8.92. The summed E-state index contributed by atoms with van der Waals surface area (Å²) in [6.45, 7) is 6.15. The molecule has 2 aliphatic heterocycles. The van der Waals surface area contributed by atoms with Gasteiger partial charge in [0, 0.05) is 62.8 Å². The predicted molar refractivity (Wildman–Crippen MR) is 119 cm³/mol. The molecule has 0 radical (unpaired) electrons. The Kier molecular flexibility index (Phi) is 5.44. The standard InChI is InChI=1S/C24H31N5O/c25-21-6-8-26-23(15-21)19-4-5-20-16-27(9-7-18(20)14-19)17-24(30)29-12-10-28(11-13-29)22-2-1-3-22/h4-6,8,14-15,22H,1-3,7,9-13,16-17H2,(H2,25,26). The Morgan fingerprint density at radius 2 is 1.87 bits per heavy atom. The molecule has 3 aliphatic rings. The molecule has 2 fully saturated rings. The number of hydrogen-bond donors (Lipinski definition) is 1. The van der Waals surface area contributed by atoms with E-state index in [1.807, 2.05) is 12.1 Å². The number of nitrogens with two attached hydrogens (primary N) is 1. The van der Waals surface area contributed by atoms with Gasteiger partial charge in [0.25, 0.3) is 0 Å². The Balaban J connectivity index is 1.17. The van der Waals surface area contributed by atoms with Gasteiger partial charge >= 0.3 is 0 Å². The minimum absolute atomic E-state index is 0.285. The smallest absolute Gasteiger partial charge is 0.236 e. The van der Waals surface area contributed by atoms with Crippen LogP contribution in [-0.2, 0) is 17.8 Å². The molecule has 158 valence electrons. The van der Waals surface area contributed by atoms with Crippen molar-refractivity contribution in [2.24, 2.45) is 0 Å². The number of aromatic nitrogens is 1. The van der Waals surface area contributed by atoms with Crippen molar-refractivity contribution in [3.05, 3.63) is 47.7 Å². The fourth-order valence-corrected chi connectivity index (χ4v) is 4.89. The largest absolute Gasteiger partial charge is 0.399 e. The number of amides is 1. The highest BCUT2D eigenvalue weighted by Gasteiger charge is 2.30. The second kappa shape index (κ2) is 8.36.